The minimum Gasteiger partial charge on any atom is -0.444 e. The molecule has 0 bridgehead atoms. The Balaban J connectivity index is 1.93. The van der Waals surface area contributed by atoms with Crippen LogP contribution in [0.2, 0.25) is 0 Å². The number of nitrogens with zero attached hydrogens (tertiary/aromatic N) is 1. The van der Waals surface area contributed by atoms with E-state index in [9.17, 15) is 4.79 Å². The number of pyridine rings is 1. The highest BCUT2D eigenvalue weighted by Crippen LogP contribution is 2.30. The first-order valence-corrected chi connectivity index (χ1v) is 9.99. The number of ether oxygens (including phenoxy) is 1. The Hall–Kier alpha value is -2.88. The number of alkyl carbamates (subject to hydrolysis) is 1. The van der Waals surface area contributed by atoms with E-state index in [1.165, 1.54) is 5.56 Å². The number of nitrogens with one attached hydrogen (secondary N) is 1. The summed E-state index contributed by atoms with van der Waals surface area (Å²) in [5.41, 5.74) is 3.64. The highest BCUT2D eigenvalue weighted by atomic mass is 16.6. The number of aromatic nitrogens is 1. The van der Waals surface area contributed by atoms with Crippen molar-refractivity contribution in [3.05, 3.63) is 65.9 Å². The summed E-state index contributed by atoms with van der Waals surface area (Å²) in [7, 11) is 0. The molecule has 4 heteroatoms. The molecule has 0 aliphatic carbocycles. The van der Waals surface area contributed by atoms with E-state index in [0.717, 1.165) is 27.7 Å². The topological polar surface area (TPSA) is 51.2 Å². The molecule has 0 fully saturated rings. The van der Waals surface area contributed by atoms with Gasteiger partial charge in [-0.3, -0.25) is 4.98 Å². The zero-order valence-corrected chi connectivity index (χ0v) is 18.2. The van der Waals surface area contributed by atoms with Crippen LogP contribution in [0.15, 0.2) is 54.6 Å². The van der Waals surface area contributed by atoms with Gasteiger partial charge < -0.3 is 10.1 Å². The number of rotatable bonds is 3. The van der Waals surface area contributed by atoms with Gasteiger partial charge in [0.1, 0.15) is 5.60 Å². The van der Waals surface area contributed by atoms with Gasteiger partial charge in [-0.05, 0) is 43.2 Å². The van der Waals surface area contributed by atoms with Crippen molar-refractivity contribution >= 4 is 16.9 Å². The van der Waals surface area contributed by atoms with E-state index >= 15 is 0 Å². The van der Waals surface area contributed by atoms with E-state index in [1.807, 2.05) is 39.0 Å². The molecule has 0 radical (unpaired) electrons. The van der Waals surface area contributed by atoms with Crippen molar-refractivity contribution < 1.29 is 9.53 Å². The summed E-state index contributed by atoms with van der Waals surface area (Å²) in [4.78, 5) is 16.9. The summed E-state index contributed by atoms with van der Waals surface area (Å²) >= 11 is 0. The molecule has 4 nitrogen and oxygen atoms in total. The molecule has 3 aromatic rings. The van der Waals surface area contributed by atoms with Gasteiger partial charge in [0.2, 0.25) is 0 Å². The third-order valence-electron chi connectivity index (χ3n) is 4.63. The van der Waals surface area contributed by atoms with E-state index in [1.54, 1.807) is 0 Å². The lowest BCUT2D eigenvalue weighted by molar-refractivity contribution is 0.0523. The predicted octanol–water partition coefficient (Wildman–Crippen LogP) is 6.22. The molecule has 2 aromatic carbocycles. The van der Waals surface area contributed by atoms with Crippen molar-refractivity contribution in [2.45, 2.75) is 59.1 Å². The Morgan fingerprint density at radius 3 is 2.24 bits per heavy atom. The molecule has 0 aliphatic rings. The highest BCUT2D eigenvalue weighted by Gasteiger charge is 2.17. The Morgan fingerprint density at radius 2 is 1.62 bits per heavy atom. The average molecular weight is 391 g/mol. The first-order chi connectivity index (χ1) is 13.5. The lowest BCUT2D eigenvalue weighted by Gasteiger charge is -2.20. The Bertz CT molecular complexity index is 1010. The van der Waals surface area contributed by atoms with E-state index in [-0.39, 0.29) is 5.41 Å². The standard InChI is InChI=1S/C25H30N2O2/c1-24(2,3)19-13-11-17(12-14-19)22-21-10-8-7-9-18(21)15-20(27-22)16-26-23(28)29-25(4,5)6/h7-15H,16H2,1-6H3,(H,26,28). The number of fused-ring (bicyclic) bond motifs is 1. The maximum absolute atomic E-state index is 12.0. The smallest absolute Gasteiger partial charge is 0.407 e. The third-order valence-corrected chi connectivity index (χ3v) is 4.63. The molecule has 0 spiro atoms. The quantitative estimate of drug-likeness (QED) is 0.577. The van der Waals surface area contributed by atoms with Crippen LogP contribution in [-0.2, 0) is 16.7 Å². The van der Waals surface area contributed by atoms with Crippen LogP contribution in [0.1, 0.15) is 52.8 Å². The van der Waals surface area contributed by atoms with Crippen molar-refractivity contribution in [3.8, 4) is 11.3 Å². The van der Waals surface area contributed by atoms with Gasteiger partial charge in [-0.1, -0.05) is 69.3 Å². The molecular formula is C25H30N2O2. The van der Waals surface area contributed by atoms with Crippen molar-refractivity contribution in [3.63, 3.8) is 0 Å². The van der Waals surface area contributed by atoms with Crippen LogP contribution >= 0.6 is 0 Å². The number of carbonyl (C=O) groups is 1. The molecule has 0 saturated carbocycles. The van der Waals surface area contributed by atoms with Crippen LogP contribution < -0.4 is 5.32 Å². The number of carbonyl (C=O) groups excluding carboxylic acids is 1. The predicted molar refractivity (Wildman–Crippen MR) is 119 cm³/mol. The monoisotopic (exact) mass is 390 g/mol. The van der Waals surface area contributed by atoms with Crippen LogP contribution in [0, 0.1) is 0 Å². The van der Waals surface area contributed by atoms with Crippen LogP contribution in [0.25, 0.3) is 22.0 Å². The van der Waals surface area contributed by atoms with Crippen molar-refractivity contribution in [2.75, 3.05) is 0 Å². The van der Waals surface area contributed by atoms with Gasteiger partial charge in [-0.2, -0.15) is 0 Å². The minimum absolute atomic E-state index is 0.104. The summed E-state index contributed by atoms with van der Waals surface area (Å²) < 4.78 is 5.33. The van der Waals surface area contributed by atoms with Crippen molar-refractivity contribution in [1.82, 2.24) is 10.3 Å². The normalized spacial score (nSPS) is 12.1. The van der Waals surface area contributed by atoms with Crippen molar-refractivity contribution in [1.29, 1.82) is 0 Å². The van der Waals surface area contributed by atoms with E-state index in [4.69, 9.17) is 9.72 Å². The van der Waals surface area contributed by atoms with Crippen LogP contribution in [0.5, 0.6) is 0 Å². The van der Waals surface area contributed by atoms with Crippen LogP contribution in [0.4, 0.5) is 4.79 Å². The first kappa shape index (κ1) is 20.8. The fourth-order valence-electron chi connectivity index (χ4n) is 3.17. The number of amides is 1. The Morgan fingerprint density at radius 1 is 0.966 bits per heavy atom. The van der Waals surface area contributed by atoms with Crippen LogP contribution in [-0.4, -0.2) is 16.7 Å². The van der Waals surface area contributed by atoms with E-state index in [0.29, 0.717) is 6.54 Å². The fourth-order valence-corrected chi connectivity index (χ4v) is 3.17. The second-order valence-electron chi connectivity index (χ2n) is 9.37. The summed E-state index contributed by atoms with van der Waals surface area (Å²) in [5.74, 6) is 0. The van der Waals surface area contributed by atoms with E-state index in [2.05, 4.69) is 62.5 Å². The van der Waals surface area contributed by atoms with Gasteiger partial charge in [0.05, 0.1) is 17.9 Å². The van der Waals surface area contributed by atoms with Gasteiger partial charge in [-0.15, -0.1) is 0 Å². The largest absolute Gasteiger partial charge is 0.444 e. The number of hydrogen-bond donors (Lipinski definition) is 1. The van der Waals surface area contributed by atoms with E-state index < -0.39 is 11.7 Å². The molecule has 1 aromatic heterocycles. The van der Waals surface area contributed by atoms with Gasteiger partial charge >= 0.3 is 6.09 Å². The van der Waals surface area contributed by atoms with Crippen molar-refractivity contribution in [2.24, 2.45) is 0 Å². The second-order valence-corrected chi connectivity index (χ2v) is 9.37. The molecule has 1 heterocycles. The molecule has 152 valence electrons. The molecular weight excluding hydrogens is 360 g/mol. The molecule has 0 aliphatic heterocycles. The molecule has 0 atom stereocenters. The Kier molecular flexibility index (Phi) is 5.65. The lowest BCUT2D eigenvalue weighted by Crippen LogP contribution is -2.32. The number of benzene rings is 2. The zero-order chi connectivity index (χ0) is 21.2. The summed E-state index contributed by atoms with van der Waals surface area (Å²) in [6.45, 7) is 12.5. The minimum atomic E-state index is -0.527. The summed E-state index contributed by atoms with van der Waals surface area (Å²) in [6.07, 6.45) is -0.441. The molecule has 0 unspecified atom stereocenters. The molecule has 1 amide bonds. The SMILES string of the molecule is CC(C)(C)OC(=O)NCc1cc2ccccc2c(-c2ccc(C(C)(C)C)cc2)n1. The van der Waals surface area contributed by atoms with Gasteiger partial charge in [0, 0.05) is 10.9 Å². The maximum atomic E-state index is 12.0. The second kappa shape index (κ2) is 7.86. The maximum Gasteiger partial charge on any atom is 0.407 e. The summed E-state index contributed by atoms with van der Waals surface area (Å²) in [5, 5.41) is 4.99. The van der Waals surface area contributed by atoms with Gasteiger partial charge in [-0.25, -0.2) is 4.79 Å². The zero-order valence-electron chi connectivity index (χ0n) is 18.2. The summed E-state index contributed by atoms with van der Waals surface area (Å²) in [6, 6.07) is 18.8. The third kappa shape index (κ3) is 5.35. The molecule has 3 rings (SSSR count). The molecule has 29 heavy (non-hydrogen) atoms. The molecule has 1 N–H and O–H groups in total. The molecule has 0 saturated heterocycles. The number of hydrogen-bond acceptors (Lipinski definition) is 3. The Labute approximate surface area is 173 Å². The van der Waals surface area contributed by atoms with Gasteiger partial charge in [0.25, 0.3) is 0 Å². The first-order valence-electron chi connectivity index (χ1n) is 9.99. The van der Waals surface area contributed by atoms with Gasteiger partial charge in [0.15, 0.2) is 0 Å². The van der Waals surface area contributed by atoms with Crippen LogP contribution in [0.3, 0.4) is 0 Å². The highest BCUT2D eigenvalue weighted by molar-refractivity contribution is 5.94. The lowest BCUT2D eigenvalue weighted by atomic mass is 9.86. The average Bonchev–Trinajstić information content (AvgIpc) is 2.64. The fraction of sp³-hybridized carbons (Fsp3) is 0.360.